The van der Waals surface area contributed by atoms with E-state index in [1.54, 1.807) is 0 Å². The summed E-state index contributed by atoms with van der Waals surface area (Å²) in [6.45, 7) is 2.18. The maximum atomic E-state index is 13.3. The van der Waals surface area contributed by atoms with E-state index in [0.29, 0.717) is 18.2 Å². The number of aliphatic hydroxyl groups is 1. The van der Waals surface area contributed by atoms with Crippen molar-refractivity contribution in [3.05, 3.63) is 36.0 Å². The minimum absolute atomic E-state index is 0.249. The highest BCUT2D eigenvalue weighted by molar-refractivity contribution is 5.85. The fraction of sp³-hybridized carbons (Fsp3) is 0.591. The lowest BCUT2D eigenvalue weighted by Crippen LogP contribution is -2.65. The number of piperidine rings is 2. The quantitative estimate of drug-likeness (QED) is 0.875. The van der Waals surface area contributed by atoms with Crippen LogP contribution in [0.3, 0.4) is 0 Å². The van der Waals surface area contributed by atoms with E-state index in [9.17, 15) is 9.90 Å². The Balaban J connectivity index is 1.38. The van der Waals surface area contributed by atoms with Crippen molar-refractivity contribution in [3.63, 3.8) is 0 Å². The lowest BCUT2D eigenvalue weighted by molar-refractivity contribution is -0.175. The predicted octanol–water partition coefficient (Wildman–Crippen LogP) is 3.96. The number of aromatic amines is 1. The number of hydrogen-bond acceptors (Lipinski definition) is 2. The number of H-pyrrole nitrogens is 1. The molecule has 2 aliphatic heterocycles. The highest BCUT2D eigenvalue weighted by Crippen LogP contribution is 2.51. The fourth-order valence-electron chi connectivity index (χ4n) is 6.22. The molecule has 4 heteroatoms. The van der Waals surface area contributed by atoms with Crippen LogP contribution in [-0.4, -0.2) is 38.6 Å². The van der Waals surface area contributed by atoms with E-state index in [1.165, 1.54) is 10.9 Å². The van der Waals surface area contributed by atoms with Crippen LogP contribution in [0.5, 0.6) is 0 Å². The Hall–Kier alpha value is -1.81. The summed E-state index contributed by atoms with van der Waals surface area (Å²) in [6.07, 6.45) is 8.34. The lowest BCUT2D eigenvalue weighted by atomic mass is 9.61. The van der Waals surface area contributed by atoms with E-state index in [1.807, 2.05) is 6.07 Å². The number of rotatable bonds is 4. The number of carbonyl (C=O) groups is 1. The number of fused-ring (bicyclic) bond motifs is 1. The van der Waals surface area contributed by atoms with Crippen LogP contribution in [-0.2, 0) is 4.79 Å². The minimum Gasteiger partial charge on any atom is -0.390 e. The van der Waals surface area contributed by atoms with E-state index in [0.717, 1.165) is 44.0 Å². The monoisotopic (exact) mass is 352 g/mol. The summed E-state index contributed by atoms with van der Waals surface area (Å²) in [6, 6.07) is 8.87. The van der Waals surface area contributed by atoms with Gasteiger partial charge in [0.05, 0.1) is 5.60 Å². The Labute approximate surface area is 154 Å². The second-order valence-electron chi connectivity index (χ2n) is 8.88. The minimum atomic E-state index is -0.492. The van der Waals surface area contributed by atoms with Gasteiger partial charge in [-0.2, -0.15) is 0 Å². The Morgan fingerprint density at radius 3 is 2.69 bits per heavy atom. The average Bonchev–Trinajstić information content (AvgIpc) is 3.02. The largest absolute Gasteiger partial charge is 0.390 e. The Bertz CT molecular complexity index is 826. The standard InChI is InChI=1S/C22H28N2O2/c1-2-15(19-13-23-20-6-4-3-5-18(19)20)9-21(25)24-16-7-14-8-17(24)12-22(26,10-14)11-16/h3-6,13-17,23,26H,2,7-12H2,1H3. The summed E-state index contributed by atoms with van der Waals surface area (Å²) in [5.41, 5.74) is 1.92. The van der Waals surface area contributed by atoms with Gasteiger partial charge in [-0.25, -0.2) is 0 Å². The molecule has 1 aromatic heterocycles. The van der Waals surface area contributed by atoms with Gasteiger partial charge in [-0.3, -0.25) is 4.79 Å². The number of amides is 1. The number of hydrogen-bond donors (Lipinski definition) is 2. The third-order valence-electron chi connectivity index (χ3n) is 7.16. The lowest BCUT2D eigenvalue weighted by Gasteiger charge is -2.59. The molecule has 2 aromatic rings. The van der Waals surface area contributed by atoms with E-state index in [2.05, 4.69) is 41.2 Å². The molecule has 2 saturated carbocycles. The van der Waals surface area contributed by atoms with Gasteiger partial charge in [0, 0.05) is 35.6 Å². The van der Waals surface area contributed by atoms with E-state index >= 15 is 0 Å². The molecule has 1 amide bonds. The van der Waals surface area contributed by atoms with Crippen LogP contribution in [0.4, 0.5) is 0 Å². The number of aromatic nitrogens is 1. The molecular weight excluding hydrogens is 324 g/mol. The maximum Gasteiger partial charge on any atom is 0.223 e. The van der Waals surface area contributed by atoms with Crippen molar-refractivity contribution in [3.8, 4) is 0 Å². The van der Waals surface area contributed by atoms with Crippen molar-refractivity contribution in [2.45, 2.75) is 75.5 Å². The Kier molecular flexibility index (Phi) is 3.68. The first kappa shape index (κ1) is 16.4. The summed E-state index contributed by atoms with van der Waals surface area (Å²) < 4.78 is 0. The molecule has 4 nitrogen and oxygen atoms in total. The van der Waals surface area contributed by atoms with Gasteiger partial charge in [0.15, 0.2) is 0 Å². The maximum absolute atomic E-state index is 13.3. The summed E-state index contributed by atoms with van der Waals surface area (Å²) >= 11 is 0. The van der Waals surface area contributed by atoms with E-state index in [4.69, 9.17) is 0 Å². The molecule has 0 radical (unpaired) electrons. The van der Waals surface area contributed by atoms with Gasteiger partial charge in [0.2, 0.25) is 5.91 Å². The number of para-hydroxylation sites is 1. The number of nitrogens with one attached hydrogen (secondary N) is 1. The predicted molar refractivity (Wildman–Crippen MR) is 102 cm³/mol. The molecule has 3 unspecified atom stereocenters. The van der Waals surface area contributed by atoms with Crippen LogP contribution in [0.1, 0.15) is 63.4 Å². The molecule has 4 aliphatic rings. The molecule has 26 heavy (non-hydrogen) atoms. The van der Waals surface area contributed by atoms with Gasteiger partial charge in [-0.1, -0.05) is 25.1 Å². The number of carbonyl (C=O) groups excluding carboxylic acids is 1. The zero-order chi connectivity index (χ0) is 17.9. The highest BCUT2D eigenvalue weighted by atomic mass is 16.3. The van der Waals surface area contributed by atoms with Crippen molar-refractivity contribution >= 4 is 16.8 Å². The molecule has 4 fully saturated rings. The second-order valence-corrected chi connectivity index (χ2v) is 8.88. The molecule has 138 valence electrons. The molecule has 0 spiro atoms. The number of nitrogens with zero attached hydrogens (tertiary/aromatic N) is 1. The van der Waals surface area contributed by atoms with Gasteiger partial charge in [0.1, 0.15) is 0 Å². The van der Waals surface area contributed by atoms with Crippen molar-refractivity contribution in [1.82, 2.24) is 9.88 Å². The first-order valence-corrected chi connectivity index (χ1v) is 10.2. The van der Waals surface area contributed by atoms with Gasteiger partial charge in [-0.15, -0.1) is 0 Å². The molecule has 4 bridgehead atoms. The molecule has 2 aliphatic carbocycles. The van der Waals surface area contributed by atoms with Gasteiger partial charge in [0.25, 0.3) is 0 Å². The molecule has 2 saturated heterocycles. The molecule has 1 aromatic carbocycles. The zero-order valence-corrected chi connectivity index (χ0v) is 15.4. The van der Waals surface area contributed by atoms with Crippen LogP contribution < -0.4 is 0 Å². The molecule has 3 heterocycles. The third kappa shape index (κ3) is 2.50. The Morgan fingerprint density at radius 1 is 1.27 bits per heavy atom. The topological polar surface area (TPSA) is 56.3 Å². The van der Waals surface area contributed by atoms with E-state index < -0.39 is 5.60 Å². The average molecular weight is 352 g/mol. The summed E-state index contributed by atoms with van der Waals surface area (Å²) in [4.78, 5) is 18.8. The van der Waals surface area contributed by atoms with Crippen LogP contribution in [0.25, 0.3) is 10.9 Å². The normalized spacial score (nSPS) is 33.8. The van der Waals surface area contributed by atoms with Gasteiger partial charge < -0.3 is 15.0 Å². The first-order valence-electron chi connectivity index (χ1n) is 10.2. The van der Waals surface area contributed by atoms with Crippen LogP contribution in [0.15, 0.2) is 30.5 Å². The molecule has 6 rings (SSSR count). The van der Waals surface area contributed by atoms with Crippen molar-refractivity contribution in [2.75, 3.05) is 0 Å². The van der Waals surface area contributed by atoms with Crippen LogP contribution in [0.2, 0.25) is 0 Å². The molecule has 3 atom stereocenters. The highest BCUT2D eigenvalue weighted by Gasteiger charge is 2.54. The van der Waals surface area contributed by atoms with E-state index in [-0.39, 0.29) is 18.0 Å². The second kappa shape index (κ2) is 5.85. The first-order chi connectivity index (χ1) is 12.6. The van der Waals surface area contributed by atoms with Crippen molar-refractivity contribution in [1.29, 1.82) is 0 Å². The van der Waals surface area contributed by atoms with Gasteiger partial charge in [-0.05, 0) is 62.0 Å². The van der Waals surface area contributed by atoms with Crippen molar-refractivity contribution in [2.24, 2.45) is 5.92 Å². The third-order valence-corrected chi connectivity index (χ3v) is 7.16. The number of benzene rings is 1. The summed E-state index contributed by atoms with van der Waals surface area (Å²) in [5, 5.41) is 12.0. The van der Waals surface area contributed by atoms with Crippen molar-refractivity contribution < 1.29 is 9.90 Å². The molecule has 2 N–H and O–H groups in total. The molecular formula is C22H28N2O2. The van der Waals surface area contributed by atoms with Gasteiger partial charge >= 0.3 is 0 Å². The summed E-state index contributed by atoms with van der Waals surface area (Å²) in [7, 11) is 0. The summed E-state index contributed by atoms with van der Waals surface area (Å²) in [5.74, 6) is 1.16. The zero-order valence-electron chi connectivity index (χ0n) is 15.4. The Morgan fingerprint density at radius 2 is 2.00 bits per heavy atom. The fourth-order valence-corrected chi connectivity index (χ4v) is 6.22. The van der Waals surface area contributed by atoms with Crippen LogP contribution >= 0.6 is 0 Å². The van der Waals surface area contributed by atoms with Crippen LogP contribution in [0, 0.1) is 5.92 Å². The smallest absolute Gasteiger partial charge is 0.223 e. The SMILES string of the molecule is CCC(CC(=O)N1C2CC3CC1CC(O)(C3)C2)c1c[nH]c2ccccc12.